The quantitative estimate of drug-likeness (QED) is 0.640. The Hall–Kier alpha value is -1.02. The molecule has 18 heavy (non-hydrogen) atoms. The van der Waals surface area contributed by atoms with Crippen LogP contribution in [0.1, 0.15) is 40.5 Å². The van der Waals surface area contributed by atoms with Gasteiger partial charge in [0.1, 0.15) is 12.4 Å². The molecule has 0 aliphatic rings. The lowest BCUT2D eigenvalue weighted by Crippen LogP contribution is -2.32. The molecule has 102 valence electrons. The van der Waals surface area contributed by atoms with Crippen molar-refractivity contribution in [3.8, 4) is 5.75 Å². The highest BCUT2D eigenvalue weighted by Crippen LogP contribution is 2.31. The zero-order chi connectivity index (χ0) is 13.4. The van der Waals surface area contributed by atoms with Crippen LogP contribution in [0.4, 0.5) is 0 Å². The van der Waals surface area contributed by atoms with E-state index in [2.05, 4.69) is 27.7 Å². The number of ether oxygens (including phenoxy) is 2. The first-order valence-corrected chi connectivity index (χ1v) is 6.92. The molecule has 0 bridgehead atoms. The van der Waals surface area contributed by atoms with Gasteiger partial charge in [0.25, 0.3) is 0 Å². The zero-order valence-corrected chi connectivity index (χ0v) is 12.1. The van der Waals surface area contributed by atoms with Gasteiger partial charge >= 0.3 is 0 Å². The summed E-state index contributed by atoms with van der Waals surface area (Å²) in [6.45, 7) is 10.2. The fourth-order valence-electron chi connectivity index (χ4n) is 1.93. The Morgan fingerprint density at radius 1 is 1.06 bits per heavy atom. The minimum atomic E-state index is 0.270. The van der Waals surface area contributed by atoms with Crippen molar-refractivity contribution in [1.29, 1.82) is 0 Å². The second kappa shape index (κ2) is 7.42. The molecule has 0 saturated heterocycles. The van der Waals surface area contributed by atoms with E-state index in [0.29, 0.717) is 13.2 Å². The average Bonchev–Trinajstić information content (AvgIpc) is 2.43. The molecule has 0 spiro atoms. The summed E-state index contributed by atoms with van der Waals surface area (Å²) in [6, 6.07) is 9.87. The molecular weight excluding hydrogens is 224 g/mol. The zero-order valence-electron chi connectivity index (χ0n) is 12.1. The van der Waals surface area contributed by atoms with Crippen molar-refractivity contribution in [2.24, 2.45) is 5.41 Å². The second-order valence-electron chi connectivity index (χ2n) is 5.04. The summed E-state index contributed by atoms with van der Waals surface area (Å²) in [7, 11) is 0. The molecule has 1 atom stereocenters. The summed E-state index contributed by atoms with van der Waals surface area (Å²) in [5, 5.41) is 0. The normalized spacial score (nSPS) is 13.3. The van der Waals surface area contributed by atoms with Gasteiger partial charge in [0, 0.05) is 0 Å². The van der Waals surface area contributed by atoms with Crippen LogP contribution >= 0.6 is 0 Å². The van der Waals surface area contributed by atoms with Gasteiger partial charge in [-0.3, -0.25) is 0 Å². The monoisotopic (exact) mass is 250 g/mol. The molecule has 2 nitrogen and oxygen atoms in total. The summed E-state index contributed by atoms with van der Waals surface area (Å²) < 4.78 is 11.5. The van der Waals surface area contributed by atoms with Crippen LogP contribution in [0.3, 0.4) is 0 Å². The van der Waals surface area contributed by atoms with E-state index in [1.165, 1.54) is 0 Å². The first-order valence-electron chi connectivity index (χ1n) is 6.92. The highest BCUT2D eigenvalue weighted by Gasteiger charge is 2.27. The fourth-order valence-corrected chi connectivity index (χ4v) is 1.93. The van der Waals surface area contributed by atoms with Crippen LogP contribution in [0.2, 0.25) is 0 Å². The van der Waals surface area contributed by atoms with Crippen molar-refractivity contribution in [3.05, 3.63) is 30.3 Å². The number of rotatable bonds is 8. The summed E-state index contributed by atoms with van der Waals surface area (Å²) in [6.07, 6.45) is 2.56. The molecule has 0 saturated carbocycles. The van der Waals surface area contributed by atoms with Crippen molar-refractivity contribution in [2.75, 3.05) is 13.2 Å². The van der Waals surface area contributed by atoms with Gasteiger partial charge in [-0.05, 0) is 37.3 Å². The predicted octanol–water partition coefficient (Wildman–Crippen LogP) is 4.30. The number of hydrogen-bond donors (Lipinski definition) is 0. The van der Waals surface area contributed by atoms with Gasteiger partial charge in [-0.1, -0.05) is 39.0 Å². The minimum absolute atomic E-state index is 0.270. The molecule has 1 unspecified atom stereocenters. The summed E-state index contributed by atoms with van der Waals surface area (Å²) in [5.74, 6) is 0.905. The molecule has 0 aliphatic carbocycles. The summed E-state index contributed by atoms with van der Waals surface area (Å²) in [5.41, 5.74) is 0.271. The van der Waals surface area contributed by atoms with E-state index >= 15 is 0 Å². The number of hydrogen-bond acceptors (Lipinski definition) is 2. The first kappa shape index (κ1) is 15.0. The molecular formula is C16H26O2. The maximum atomic E-state index is 5.89. The van der Waals surface area contributed by atoms with Gasteiger partial charge in [-0.25, -0.2) is 0 Å². The second-order valence-corrected chi connectivity index (χ2v) is 5.04. The molecule has 0 radical (unpaired) electrons. The average molecular weight is 250 g/mol. The van der Waals surface area contributed by atoms with Crippen LogP contribution < -0.4 is 4.74 Å². The Kier molecular flexibility index (Phi) is 6.20. The van der Waals surface area contributed by atoms with Crippen molar-refractivity contribution < 1.29 is 9.47 Å². The van der Waals surface area contributed by atoms with Crippen LogP contribution in [0.5, 0.6) is 5.75 Å². The highest BCUT2D eigenvalue weighted by molar-refractivity contribution is 5.20. The van der Waals surface area contributed by atoms with Gasteiger partial charge in [0.15, 0.2) is 0 Å². The topological polar surface area (TPSA) is 18.5 Å². The molecule has 0 amide bonds. The number of para-hydroxylation sites is 1. The molecule has 1 aromatic carbocycles. The van der Waals surface area contributed by atoms with Crippen molar-refractivity contribution in [3.63, 3.8) is 0 Å². The van der Waals surface area contributed by atoms with E-state index in [1.807, 2.05) is 30.3 Å². The largest absolute Gasteiger partial charge is 0.491 e. The smallest absolute Gasteiger partial charge is 0.119 e. The van der Waals surface area contributed by atoms with E-state index in [1.54, 1.807) is 0 Å². The van der Waals surface area contributed by atoms with Gasteiger partial charge < -0.3 is 9.47 Å². The van der Waals surface area contributed by atoms with Crippen LogP contribution in [-0.4, -0.2) is 19.3 Å². The Bertz CT molecular complexity index is 317. The predicted molar refractivity (Wildman–Crippen MR) is 76.0 cm³/mol. The van der Waals surface area contributed by atoms with E-state index in [4.69, 9.17) is 9.47 Å². The highest BCUT2D eigenvalue weighted by atomic mass is 16.5. The van der Waals surface area contributed by atoms with Crippen LogP contribution in [0.25, 0.3) is 0 Å². The van der Waals surface area contributed by atoms with Gasteiger partial charge in [0.2, 0.25) is 0 Å². The summed E-state index contributed by atoms with van der Waals surface area (Å²) >= 11 is 0. The van der Waals surface area contributed by atoms with Crippen LogP contribution in [0.15, 0.2) is 30.3 Å². The summed E-state index contributed by atoms with van der Waals surface area (Å²) in [4.78, 5) is 0. The lowest BCUT2D eigenvalue weighted by atomic mass is 9.80. The molecule has 2 heteroatoms. The maximum Gasteiger partial charge on any atom is 0.119 e. The third-order valence-corrected chi connectivity index (χ3v) is 4.06. The van der Waals surface area contributed by atoms with Gasteiger partial charge in [0.05, 0.1) is 12.7 Å². The minimum Gasteiger partial charge on any atom is -0.491 e. The Labute approximate surface area is 111 Å². The number of benzene rings is 1. The van der Waals surface area contributed by atoms with Gasteiger partial charge in [-0.15, -0.1) is 0 Å². The van der Waals surface area contributed by atoms with E-state index in [9.17, 15) is 0 Å². The van der Waals surface area contributed by atoms with Gasteiger partial charge in [-0.2, -0.15) is 0 Å². The molecule has 1 aromatic rings. The SMILES string of the molecule is CCC(C)(CC)C(C)OCCOc1ccccc1. The van der Waals surface area contributed by atoms with E-state index in [-0.39, 0.29) is 11.5 Å². The maximum absolute atomic E-state index is 5.89. The third-order valence-electron chi connectivity index (χ3n) is 4.06. The van der Waals surface area contributed by atoms with E-state index < -0.39 is 0 Å². The fraction of sp³-hybridized carbons (Fsp3) is 0.625. The Morgan fingerprint density at radius 2 is 1.67 bits per heavy atom. The van der Waals surface area contributed by atoms with Crippen LogP contribution in [0, 0.1) is 5.41 Å². The Morgan fingerprint density at radius 3 is 2.22 bits per heavy atom. The third kappa shape index (κ3) is 4.34. The van der Waals surface area contributed by atoms with Crippen molar-refractivity contribution in [1.82, 2.24) is 0 Å². The standard InChI is InChI=1S/C16H26O2/c1-5-16(4,6-2)14(3)17-12-13-18-15-10-8-7-9-11-15/h7-11,14H,5-6,12-13H2,1-4H3. The Balaban J connectivity index is 2.26. The lowest BCUT2D eigenvalue weighted by molar-refractivity contribution is -0.0350. The first-order chi connectivity index (χ1) is 8.62. The molecule has 0 heterocycles. The lowest BCUT2D eigenvalue weighted by Gasteiger charge is -2.33. The molecule has 0 fully saturated rings. The molecule has 0 aliphatic heterocycles. The molecule has 1 rings (SSSR count). The van der Waals surface area contributed by atoms with Crippen molar-refractivity contribution in [2.45, 2.75) is 46.6 Å². The van der Waals surface area contributed by atoms with Crippen LogP contribution in [-0.2, 0) is 4.74 Å². The molecule has 0 aromatic heterocycles. The van der Waals surface area contributed by atoms with Crippen molar-refractivity contribution >= 4 is 0 Å². The molecule has 0 N–H and O–H groups in total. The van der Waals surface area contributed by atoms with E-state index in [0.717, 1.165) is 18.6 Å².